The Bertz CT molecular complexity index is 830. The smallest absolute Gasteiger partial charge is 0.435 e. The lowest BCUT2D eigenvalue weighted by atomic mass is 9.89. The fraction of sp³-hybridized carbons (Fsp3) is 0.579. The monoisotopic (exact) mass is 412 g/mol. The highest BCUT2D eigenvalue weighted by Gasteiger charge is 2.51. The molecule has 0 bridgehead atoms. The van der Waals surface area contributed by atoms with Crippen LogP contribution in [0.4, 0.5) is 4.79 Å². The van der Waals surface area contributed by atoms with Crippen LogP contribution in [0, 0.1) is 5.92 Å². The first-order valence-electron chi connectivity index (χ1n) is 9.37. The molecule has 2 atom stereocenters. The molecule has 8 nitrogen and oxygen atoms in total. The van der Waals surface area contributed by atoms with E-state index in [1.807, 2.05) is 20.8 Å². The van der Waals surface area contributed by atoms with Crippen molar-refractivity contribution in [3.8, 4) is 0 Å². The van der Waals surface area contributed by atoms with Gasteiger partial charge < -0.3 is 10.4 Å². The van der Waals surface area contributed by atoms with Crippen molar-refractivity contribution in [1.29, 1.82) is 0 Å². The van der Waals surface area contributed by atoms with Gasteiger partial charge in [0.1, 0.15) is 12.1 Å². The normalized spacial score (nSPS) is 23.2. The molecule has 1 saturated heterocycles. The van der Waals surface area contributed by atoms with Crippen LogP contribution in [0.1, 0.15) is 39.2 Å². The molecule has 2 amide bonds. The molecule has 2 rings (SSSR count). The Balaban J connectivity index is 1.95. The van der Waals surface area contributed by atoms with E-state index in [1.165, 1.54) is 12.1 Å². The minimum absolute atomic E-state index is 0.0486. The summed E-state index contributed by atoms with van der Waals surface area (Å²) in [6, 6.07) is 6.21. The number of sulfonamides is 1. The topological polar surface area (TPSA) is 127 Å². The molecule has 1 aliphatic heterocycles. The van der Waals surface area contributed by atoms with Crippen LogP contribution < -0.4 is 10.5 Å². The molecule has 0 radical (unpaired) electrons. The maximum absolute atomic E-state index is 12.6. The second kappa shape index (κ2) is 8.18. The Morgan fingerprint density at radius 2 is 1.86 bits per heavy atom. The van der Waals surface area contributed by atoms with Gasteiger partial charge in [0.25, 0.3) is 0 Å². The SMILES string of the molecule is CC(C)(C)[N+]1(C(=O)O)CCCC(C(=O)NCCc2ccc(S(N)(=O)=O)cc2)C1. The number of likely N-dealkylation sites (tertiary alicyclic amines) is 1. The summed E-state index contributed by atoms with van der Waals surface area (Å²) in [5.74, 6) is -0.470. The molecule has 4 N–H and O–H groups in total. The zero-order valence-corrected chi connectivity index (χ0v) is 17.5. The van der Waals surface area contributed by atoms with Crippen LogP contribution in [-0.2, 0) is 21.2 Å². The van der Waals surface area contributed by atoms with Crippen molar-refractivity contribution in [2.75, 3.05) is 19.6 Å². The van der Waals surface area contributed by atoms with Crippen molar-refractivity contribution in [3.05, 3.63) is 29.8 Å². The summed E-state index contributed by atoms with van der Waals surface area (Å²) in [4.78, 5) is 24.6. The van der Waals surface area contributed by atoms with Crippen LogP contribution in [0.2, 0.25) is 0 Å². The summed E-state index contributed by atoms with van der Waals surface area (Å²) in [5, 5.41) is 17.8. The first kappa shape index (κ1) is 22.3. The van der Waals surface area contributed by atoms with Crippen molar-refractivity contribution in [2.24, 2.45) is 11.1 Å². The zero-order chi connectivity index (χ0) is 21.2. The maximum atomic E-state index is 12.6. The van der Waals surface area contributed by atoms with Gasteiger partial charge in [-0.25, -0.2) is 18.0 Å². The van der Waals surface area contributed by atoms with Crippen molar-refractivity contribution in [3.63, 3.8) is 0 Å². The van der Waals surface area contributed by atoms with Crippen LogP contribution in [-0.4, -0.2) is 55.2 Å². The molecule has 28 heavy (non-hydrogen) atoms. The third kappa shape index (κ3) is 4.89. The molecule has 156 valence electrons. The number of primary sulfonamides is 1. The van der Waals surface area contributed by atoms with Crippen LogP contribution in [0.3, 0.4) is 0 Å². The number of carbonyl (C=O) groups is 2. The minimum Gasteiger partial charge on any atom is -0.435 e. The maximum Gasteiger partial charge on any atom is 0.514 e. The number of quaternary nitrogens is 1. The standard InChI is InChI=1S/C19H29N3O5S/c1-19(2,3)22(18(24)25)12-4-5-15(13-22)17(23)21-11-10-14-6-8-16(9-7-14)28(20,26)27/h6-9,15H,4-5,10-13H2,1-3H3,(H3-,20,21,23,24,25,26,27)/p+1. The summed E-state index contributed by atoms with van der Waals surface area (Å²) in [6.07, 6.45) is 1.02. The van der Waals surface area contributed by atoms with E-state index in [9.17, 15) is 23.1 Å². The number of benzene rings is 1. The molecule has 0 saturated carbocycles. The van der Waals surface area contributed by atoms with Gasteiger partial charge >= 0.3 is 6.09 Å². The number of nitrogens with one attached hydrogen (secondary N) is 1. The summed E-state index contributed by atoms with van der Waals surface area (Å²) < 4.78 is 22.4. The van der Waals surface area contributed by atoms with Crippen LogP contribution in [0.5, 0.6) is 0 Å². The molecule has 1 fully saturated rings. The van der Waals surface area contributed by atoms with Crippen molar-refractivity contribution >= 4 is 22.0 Å². The largest absolute Gasteiger partial charge is 0.514 e. The number of nitrogens with two attached hydrogens (primary N) is 1. The lowest BCUT2D eigenvalue weighted by molar-refractivity contribution is -0.910. The Morgan fingerprint density at radius 1 is 1.25 bits per heavy atom. The van der Waals surface area contributed by atoms with E-state index < -0.39 is 21.7 Å². The zero-order valence-electron chi connectivity index (χ0n) is 16.6. The summed E-state index contributed by atoms with van der Waals surface area (Å²) in [5.41, 5.74) is 0.386. The average Bonchev–Trinajstić information content (AvgIpc) is 2.60. The highest BCUT2D eigenvalue weighted by atomic mass is 32.2. The van der Waals surface area contributed by atoms with E-state index in [-0.39, 0.29) is 27.7 Å². The highest BCUT2D eigenvalue weighted by Crippen LogP contribution is 2.33. The molecule has 9 heteroatoms. The number of carboxylic acid groups (broad SMARTS) is 1. The molecule has 2 unspecified atom stereocenters. The number of hydrogen-bond donors (Lipinski definition) is 3. The molecule has 0 aliphatic carbocycles. The van der Waals surface area contributed by atoms with E-state index in [0.717, 1.165) is 5.56 Å². The second-order valence-corrected chi connectivity index (χ2v) is 9.96. The molecule has 1 aliphatic rings. The Hall–Kier alpha value is -1.97. The van der Waals surface area contributed by atoms with Gasteiger partial charge in [0.15, 0.2) is 0 Å². The number of piperidine rings is 1. The Kier molecular flexibility index (Phi) is 6.52. The van der Waals surface area contributed by atoms with Gasteiger partial charge in [-0.2, -0.15) is 4.79 Å². The van der Waals surface area contributed by atoms with E-state index in [2.05, 4.69) is 5.32 Å². The lowest BCUT2D eigenvalue weighted by Crippen LogP contribution is -2.67. The number of amides is 2. The van der Waals surface area contributed by atoms with Gasteiger partial charge in [-0.05, 0) is 57.7 Å². The molecule has 1 heterocycles. The number of nitrogens with zero attached hydrogens (tertiary/aromatic N) is 1. The first-order valence-corrected chi connectivity index (χ1v) is 10.9. The predicted molar refractivity (Wildman–Crippen MR) is 105 cm³/mol. The van der Waals surface area contributed by atoms with E-state index >= 15 is 0 Å². The number of rotatable bonds is 5. The van der Waals surface area contributed by atoms with Crippen molar-refractivity contribution < 1.29 is 27.6 Å². The van der Waals surface area contributed by atoms with E-state index in [4.69, 9.17) is 5.14 Å². The summed E-state index contributed by atoms with van der Waals surface area (Å²) in [7, 11) is -3.72. The third-order valence-corrected chi connectivity index (χ3v) is 6.54. The minimum atomic E-state index is -3.72. The number of carbonyl (C=O) groups excluding carboxylic acids is 1. The predicted octanol–water partition coefficient (Wildman–Crippen LogP) is 1.70. The van der Waals surface area contributed by atoms with E-state index in [0.29, 0.717) is 32.4 Å². The Labute approximate surface area is 166 Å². The molecule has 1 aromatic rings. The fourth-order valence-corrected chi connectivity index (χ4v) is 4.29. The van der Waals surface area contributed by atoms with Gasteiger partial charge in [0.2, 0.25) is 15.9 Å². The van der Waals surface area contributed by atoms with Gasteiger partial charge in [-0.3, -0.25) is 4.79 Å². The van der Waals surface area contributed by atoms with Gasteiger partial charge in [-0.15, -0.1) is 0 Å². The average molecular weight is 413 g/mol. The third-order valence-electron chi connectivity index (χ3n) is 5.61. The Morgan fingerprint density at radius 3 is 2.36 bits per heavy atom. The quantitative estimate of drug-likeness (QED) is 0.635. The molecule has 1 aromatic carbocycles. The molecule has 0 aromatic heterocycles. The number of hydrogen-bond acceptors (Lipinski definition) is 4. The fourth-order valence-electron chi connectivity index (χ4n) is 3.77. The van der Waals surface area contributed by atoms with Crippen LogP contribution in [0.25, 0.3) is 0 Å². The van der Waals surface area contributed by atoms with Gasteiger partial charge in [0.05, 0.1) is 17.4 Å². The van der Waals surface area contributed by atoms with Crippen molar-refractivity contribution in [2.45, 2.75) is 50.5 Å². The second-order valence-electron chi connectivity index (χ2n) is 8.40. The van der Waals surface area contributed by atoms with E-state index in [1.54, 1.807) is 12.1 Å². The summed E-state index contributed by atoms with van der Waals surface area (Å²) in [6.45, 7) is 6.89. The van der Waals surface area contributed by atoms with Crippen LogP contribution in [0.15, 0.2) is 29.2 Å². The first-order chi connectivity index (χ1) is 12.9. The molecule has 0 spiro atoms. The molecular formula is C19H30N3O5S+. The summed E-state index contributed by atoms with van der Waals surface area (Å²) >= 11 is 0. The van der Waals surface area contributed by atoms with Gasteiger partial charge in [-0.1, -0.05) is 12.1 Å². The highest BCUT2D eigenvalue weighted by molar-refractivity contribution is 7.89. The van der Waals surface area contributed by atoms with Gasteiger partial charge in [0, 0.05) is 6.54 Å². The van der Waals surface area contributed by atoms with Crippen molar-refractivity contribution in [1.82, 2.24) is 5.32 Å². The molecular weight excluding hydrogens is 382 g/mol. The lowest BCUT2D eigenvalue weighted by Gasteiger charge is -2.47. The van der Waals surface area contributed by atoms with Crippen LogP contribution >= 0.6 is 0 Å².